The molecular weight excluding hydrogens is 254 g/mol. The Labute approximate surface area is 120 Å². The first kappa shape index (κ1) is 13.8. The molecular formula is C15H23N3O2. The summed E-state index contributed by atoms with van der Waals surface area (Å²) in [5.41, 5.74) is 2.25. The summed E-state index contributed by atoms with van der Waals surface area (Å²) in [5.74, 6) is 1.44. The molecule has 1 aromatic heterocycles. The van der Waals surface area contributed by atoms with Crippen molar-refractivity contribution < 1.29 is 9.47 Å². The van der Waals surface area contributed by atoms with E-state index in [1.54, 1.807) is 0 Å². The van der Waals surface area contributed by atoms with E-state index in [1.165, 1.54) is 25.0 Å². The highest BCUT2D eigenvalue weighted by molar-refractivity contribution is 5.33. The zero-order valence-electron chi connectivity index (χ0n) is 12.3. The summed E-state index contributed by atoms with van der Waals surface area (Å²) in [6, 6.07) is 2.13. The van der Waals surface area contributed by atoms with Gasteiger partial charge in [0.2, 0.25) is 5.95 Å². The first-order chi connectivity index (χ1) is 9.72. The molecule has 0 bridgehead atoms. The summed E-state index contributed by atoms with van der Waals surface area (Å²) in [4.78, 5) is 11.4. The fourth-order valence-corrected chi connectivity index (χ4v) is 2.69. The lowest BCUT2D eigenvalue weighted by Gasteiger charge is -2.29. The summed E-state index contributed by atoms with van der Waals surface area (Å²) in [7, 11) is 2.03. The first-order valence-corrected chi connectivity index (χ1v) is 7.48. The molecule has 3 rings (SSSR count). The van der Waals surface area contributed by atoms with Gasteiger partial charge in [0, 0.05) is 30.9 Å². The lowest BCUT2D eigenvalue weighted by molar-refractivity contribution is -0.0838. The van der Waals surface area contributed by atoms with E-state index in [0.717, 1.165) is 18.2 Å². The Hall–Kier alpha value is -1.20. The van der Waals surface area contributed by atoms with Crippen LogP contribution in [0.25, 0.3) is 0 Å². The van der Waals surface area contributed by atoms with Crippen molar-refractivity contribution in [3.63, 3.8) is 0 Å². The molecule has 2 heterocycles. The molecule has 20 heavy (non-hydrogen) atoms. The van der Waals surface area contributed by atoms with E-state index in [0.29, 0.717) is 25.7 Å². The van der Waals surface area contributed by atoms with Gasteiger partial charge in [-0.15, -0.1) is 0 Å². The molecule has 0 amide bonds. The standard InChI is InChI=1S/C15H23N3O2/c1-11-8-14(12-4-3-5-12)17-15(16-11)18(2)9-13-10-19-6-7-20-13/h8,12-13H,3-7,9-10H2,1-2H3/t13-/m1/s1. The second-order valence-electron chi connectivity index (χ2n) is 5.81. The maximum absolute atomic E-state index is 5.69. The Morgan fingerprint density at radius 3 is 2.80 bits per heavy atom. The number of aromatic nitrogens is 2. The summed E-state index contributed by atoms with van der Waals surface area (Å²) in [6.07, 6.45) is 3.97. The van der Waals surface area contributed by atoms with E-state index >= 15 is 0 Å². The maximum Gasteiger partial charge on any atom is 0.225 e. The van der Waals surface area contributed by atoms with Crippen LogP contribution >= 0.6 is 0 Å². The maximum atomic E-state index is 5.69. The van der Waals surface area contributed by atoms with Crippen molar-refractivity contribution in [1.82, 2.24) is 9.97 Å². The van der Waals surface area contributed by atoms with E-state index in [9.17, 15) is 0 Å². The van der Waals surface area contributed by atoms with E-state index in [1.807, 2.05) is 14.0 Å². The van der Waals surface area contributed by atoms with Crippen LogP contribution in [0.3, 0.4) is 0 Å². The Kier molecular flexibility index (Phi) is 4.17. The van der Waals surface area contributed by atoms with Gasteiger partial charge in [-0.05, 0) is 25.8 Å². The molecule has 0 spiro atoms. The normalized spacial score (nSPS) is 23.4. The van der Waals surface area contributed by atoms with Crippen LogP contribution in [0.1, 0.15) is 36.6 Å². The van der Waals surface area contributed by atoms with Crippen LogP contribution in [-0.2, 0) is 9.47 Å². The van der Waals surface area contributed by atoms with E-state index in [2.05, 4.69) is 16.0 Å². The predicted molar refractivity (Wildman–Crippen MR) is 77.2 cm³/mol. The number of rotatable bonds is 4. The number of aryl methyl sites for hydroxylation is 1. The van der Waals surface area contributed by atoms with Crippen LogP contribution in [0.15, 0.2) is 6.07 Å². The van der Waals surface area contributed by atoms with Crippen molar-refractivity contribution in [3.05, 3.63) is 17.5 Å². The molecule has 1 aliphatic heterocycles. The van der Waals surface area contributed by atoms with Crippen LogP contribution in [0.4, 0.5) is 5.95 Å². The number of nitrogens with zero attached hydrogens (tertiary/aromatic N) is 3. The Morgan fingerprint density at radius 2 is 2.15 bits per heavy atom. The number of anilines is 1. The zero-order chi connectivity index (χ0) is 13.9. The molecule has 1 aliphatic carbocycles. The third-order valence-corrected chi connectivity index (χ3v) is 4.09. The molecule has 0 N–H and O–H groups in total. The average molecular weight is 277 g/mol. The van der Waals surface area contributed by atoms with Gasteiger partial charge < -0.3 is 14.4 Å². The third kappa shape index (κ3) is 3.10. The van der Waals surface area contributed by atoms with Crippen molar-refractivity contribution in [2.45, 2.75) is 38.2 Å². The van der Waals surface area contributed by atoms with Crippen LogP contribution in [0, 0.1) is 6.92 Å². The van der Waals surface area contributed by atoms with E-state index in [-0.39, 0.29) is 6.10 Å². The number of hydrogen-bond donors (Lipinski definition) is 0. The highest BCUT2D eigenvalue weighted by Gasteiger charge is 2.23. The fourth-order valence-electron chi connectivity index (χ4n) is 2.69. The largest absolute Gasteiger partial charge is 0.376 e. The van der Waals surface area contributed by atoms with Crippen LogP contribution in [-0.4, -0.2) is 49.5 Å². The molecule has 0 radical (unpaired) electrons. The molecule has 5 heteroatoms. The van der Waals surface area contributed by atoms with Crippen molar-refractivity contribution >= 4 is 5.95 Å². The highest BCUT2D eigenvalue weighted by atomic mass is 16.6. The van der Waals surface area contributed by atoms with Crippen LogP contribution < -0.4 is 4.90 Å². The minimum absolute atomic E-state index is 0.116. The highest BCUT2D eigenvalue weighted by Crippen LogP contribution is 2.35. The SMILES string of the molecule is Cc1cc(C2CCC2)nc(N(C)C[C@@H]2COCCO2)n1. The van der Waals surface area contributed by atoms with Crippen molar-refractivity contribution in [1.29, 1.82) is 0 Å². The molecule has 0 unspecified atom stereocenters. The topological polar surface area (TPSA) is 47.5 Å². The molecule has 1 atom stereocenters. The van der Waals surface area contributed by atoms with Gasteiger partial charge in [-0.25, -0.2) is 9.97 Å². The molecule has 1 aromatic rings. The molecule has 1 saturated carbocycles. The minimum atomic E-state index is 0.116. The minimum Gasteiger partial charge on any atom is -0.376 e. The molecule has 1 saturated heterocycles. The molecule has 2 aliphatic rings. The molecule has 2 fully saturated rings. The smallest absolute Gasteiger partial charge is 0.225 e. The van der Waals surface area contributed by atoms with Crippen molar-refractivity contribution in [2.24, 2.45) is 0 Å². The van der Waals surface area contributed by atoms with Crippen LogP contribution in [0.5, 0.6) is 0 Å². The Bertz CT molecular complexity index is 456. The number of hydrogen-bond acceptors (Lipinski definition) is 5. The summed E-state index contributed by atoms with van der Waals surface area (Å²) < 4.78 is 11.1. The monoisotopic (exact) mass is 277 g/mol. The third-order valence-electron chi connectivity index (χ3n) is 4.09. The van der Waals surface area contributed by atoms with Gasteiger partial charge in [0.1, 0.15) is 0 Å². The number of likely N-dealkylation sites (N-methyl/N-ethyl adjacent to an activating group) is 1. The second-order valence-corrected chi connectivity index (χ2v) is 5.81. The van der Waals surface area contributed by atoms with Gasteiger partial charge in [0.05, 0.1) is 25.9 Å². The van der Waals surface area contributed by atoms with Gasteiger partial charge in [-0.1, -0.05) is 6.42 Å². The van der Waals surface area contributed by atoms with Gasteiger partial charge >= 0.3 is 0 Å². The Balaban J connectivity index is 1.69. The van der Waals surface area contributed by atoms with E-state index < -0.39 is 0 Å². The Morgan fingerprint density at radius 1 is 1.30 bits per heavy atom. The van der Waals surface area contributed by atoms with Gasteiger partial charge in [0.25, 0.3) is 0 Å². The lowest BCUT2D eigenvalue weighted by atomic mass is 9.83. The number of ether oxygens (including phenoxy) is 2. The van der Waals surface area contributed by atoms with Crippen molar-refractivity contribution in [2.75, 3.05) is 38.3 Å². The lowest BCUT2D eigenvalue weighted by Crippen LogP contribution is -2.39. The molecule has 5 nitrogen and oxygen atoms in total. The summed E-state index contributed by atoms with van der Waals surface area (Å²) in [5, 5.41) is 0. The average Bonchev–Trinajstić information content (AvgIpc) is 2.37. The zero-order valence-corrected chi connectivity index (χ0v) is 12.3. The van der Waals surface area contributed by atoms with Gasteiger partial charge in [-0.2, -0.15) is 0 Å². The van der Waals surface area contributed by atoms with Crippen LogP contribution in [0.2, 0.25) is 0 Å². The molecule has 110 valence electrons. The van der Waals surface area contributed by atoms with Gasteiger partial charge in [-0.3, -0.25) is 0 Å². The summed E-state index contributed by atoms with van der Waals surface area (Å²) >= 11 is 0. The quantitative estimate of drug-likeness (QED) is 0.841. The van der Waals surface area contributed by atoms with E-state index in [4.69, 9.17) is 14.5 Å². The fraction of sp³-hybridized carbons (Fsp3) is 0.733. The summed E-state index contributed by atoms with van der Waals surface area (Å²) in [6.45, 7) is 4.86. The van der Waals surface area contributed by atoms with Gasteiger partial charge in [0.15, 0.2) is 0 Å². The molecule has 0 aromatic carbocycles. The predicted octanol–water partition coefficient (Wildman–Crippen LogP) is 1.90. The second kappa shape index (κ2) is 6.06. The van der Waals surface area contributed by atoms with Crippen molar-refractivity contribution in [3.8, 4) is 0 Å². The first-order valence-electron chi connectivity index (χ1n) is 7.48.